The highest BCUT2D eigenvalue weighted by Crippen LogP contribution is 1.82. The van der Waals surface area contributed by atoms with Crippen molar-refractivity contribution < 1.29 is 18.9 Å². The van der Waals surface area contributed by atoms with E-state index in [0.717, 1.165) is 0 Å². The lowest BCUT2D eigenvalue weighted by molar-refractivity contribution is 0.0538. The van der Waals surface area contributed by atoms with Crippen LogP contribution in [0.4, 0.5) is 0 Å². The van der Waals surface area contributed by atoms with Crippen LogP contribution in [0.5, 0.6) is 0 Å². The first-order valence-corrected chi connectivity index (χ1v) is 7.73. The largest absolute Gasteiger partial charge is 0.378 e. The molecule has 0 amide bonds. The van der Waals surface area contributed by atoms with Gasteiger partial charge in [0, 0.05) is 24.8 Å². The Morgan fingerprint density at radius 2 is 0.800 bits per heavy atom. The number of alkyl halides is 2. The van der Waals surface area contributed by atoms with E-state index in [1.807, 2.05) is 0 Å². The van der Waals surface area contributed by atoms with Crippen LogP contribution >= 0.6 is 23.2 Å². The smallest absolute Gasteiger partial charge is 0.0701 e. The summed E-state index contributed by atoms with van der Waals surface area (Å²) in [6.45, 7) is 5.94. The predicted molar refractivity (Wildman–Crippen MR) is 82.8 cm³/mol. The summed E-state index contributed by atoms with van der Waals surface area (Å²) in [4.78, 5) is 0. The standard InChI is InChI=1S/C6H12Cl2O2.C6H16N2O2/c2*7-1-3-9-5-6-10-4-2-8/h1-6H2;1-8H2. The van der Waals surface area contributed by atoms with Gasteiger partial charge in [0.2, 0.25) is 0 Å². The molecule has 0 atom stereocenters. The van der Waals surface area contributed by atoms with Crippen molar-refractivity contribution in [2.24, 2.45) is 11.5 Å². The zero-order chi connectivity index (χ0) is 15.3. The Bertz CT molecular complexity index is 127. The summed E-state index contributed by atoms with van der Waals surface area (Å²) in [6, 6.07) is 0. The van der Waals surface area contributed by atoms with Gasteiger partial charge in [-0.1, -0.05) is 0 Å². The third-order valence-electron chi connectivity index (χ3n) is 1.71. The molecule has 0 spiro atoms. The lowest BCUT2D eigenvalue weighted by Gasteiger charge is -2.02. The van der Waals surface area contributed by atoms with Gasteiger partial charge in [-0.15, -0.1) is 23.2 Å². The first-order valence-electron chi connectivity index (χ1n) is 6.66. The second kappa shape index (κ2) is 24.4. The number of ether oxygens (including phenoxy) is 4. The molecule has 0 unspecified atom stereocenters. The maximum absolute atomic E-state index is 5.35. The molecule has 0 rings (SSSR count). The molecule has 20 heavy (non-hydrogen) atoms. The molecule has 124 valence electrons. The van der Waals surface area contributed by atoms with E-state index in [1.54, 1.807) is 0 Å². The number of rotatable bonds is 14. The van der Waals surface area contributed by atoms with Crippen LogP contribution in [0.1, 0.15) is 0 Å². The van der Waals surface area contributed by atoms with Crippen molar-refractivity contribution in [1.29, 1.82) is 0 Å². The van der Waals surface area contributed by atoms with Gasteiger partial charge in [-0.05, 0) is 0 Å². The molecule has 0 bridgehead atoms. The quantitative estimate of drug-likeness (QED) is 0.354. The van der Waals surface area contributed by atoms with Gasteiger partial charge in [0.15, 0.2) is 0 Å². The first-order chi connectivity index (χ1) is 9.83. The van der Waals surface area contributed by atoms with Crippen LogP contribution in [0, 0.1) is 0 Å². The van der Waals surface area contributed by atoms with E-state index >= 15 is 0 Å². The molecule has 0 aliphatic carbocycles. The zero-order valence-electron chi connectivity index (χ0n) is 12.0. The normalized spacial score (nSPS) is 10.2. The molecule has 8 heteroatoms. The van der Waals surface area contributed by atoms with Crippen molar-refractivity contribution in [1.82, 2.24) is 0 Å². The average Bonchev–Trinajstić information content (AvgIpc) is 2.47. The minimum Gasteiger partial charge on any atom is -0.378 e. The molecule has 4 N–H and O–H groups in total. The maximum atomic E-state index is 5.35. The van der Waals surface area contributed by atoms with Crippen LogP contribution < -0.4 is 11.5 Å². The minimum atomic E-state index is 0.537. The molecule has 0 radical (unpaired) electrons. The molecule has 0 saturated heterocycles. The van der Waals surface area contributed by atoms with Crippen LogP contribution in [-0.2, 0) is 18.9 Å². The molecule has 0 aromatic carbocycles. The van der Waals surface area contributed by atoms with Gasteiger partial charge < -0.3 is 30.4 Å². The number of halogens is 2. The van der Waals surface area contributed by atoms with Crippen molar-refractivity contribution in [2.75, 3.05) is 77.7 Å². The molecule has 6 nitrogen and oxygen atoms in total. The fourth-order valence-corrected chi connectivity index (χ4v) is 1.14. The van der Waals surface area contributed by atoms with Crippen LogP contribution in [-0.4, -0.2) is 77.7 Å². The molecular formula is C12H28Cl2N2O4. The molecule has 0 aromatic heterocycles. The second-order valence-electron chi connectivity index (χ2n) is 3.40. The minimum absolute atomic E-state index is 0.537. The summed E-state index contributed by atoms with van der Waals surface area (Å²) < 4.78 is 20.1. The summed E-state index contributed by atoms with van der Waals surface area (Å²) in [5.41, 5.74) is 10.4. The Morgan fingerprint density at radius 1 is 0.500 bits per heavy atom. The van der Waals surface area contributed by atoms with Gasteiger partial charge in [-0.25, -0.2) is 0 Å². The monoisotopic (exact) mass is 334 g/mol. The molecule has 0 fully saturated rings. The van der Waals surface area contributed by atoms with E-state index < -0.39 is 0 Å². The Labute approximate surface area is 131 Å². The van der Waals surface area contributed by atoms with E-state index in [0.29, 0.717) is 77.7 Å². The zero-order valence-corrected chi connectivity index (χ0v) is 13.5. The Kier molecular flexibility index (Phi) is 27.6. The summed E-state index contributed by atoms with van der Waals surface area (Å²) in [6.07, 6.45) is 0. The van der Waals surface area contributed by atoms with Gasteiger partial charge in [-0.2, -0.15) is 0 Å². The van der Waals surface area contributed by atoms with Crippen LogP contribution in [0.2, 0.25) is 0 Å². The summed E-state index contributed by atoms with van der Waals surface area (Å²) >= 11 is 10.7. The molecule has 0 saturated carbocycles. The molecule has 0 aliphatic rings. The van der Waals surface area contributed by atoms with Crippen molar-refractivity contribution in [3.8, 4) is 0 Å². The van der Waals surface area contributed by atoms with Gasteiger partial charge in [0.25, 0.3) is 0 Å². The van der Waals surface area contributed by atoms with E-state index in [-0.39, 0.29) is 0 Å². The third kappa shape index (κ3) is 26.8. The Morgan fingerprint density at radius 3 is 1.05 bits per heavy atom. The van der Waals surface area contributed by atoms with E-state index in [9.17, 15) is 0 Å². The van der Waals surface area contributed by atoms with Gasteiger partial charge in [-0.3, -0.25) is 0 Å². The average molecular weight is 335 g/mol. The van der Waals surface area contributed by atoms with Crippen molar-refractivity contribution in [2.45, 2.75) is 0 Å². The number of hydrogen-bond donors (Lipinski definition) is 2. The predicted octanol–water partition coefficient (Wildman–Crippen LogP) is 0.434. The SMILES string of the molecule is ClCCOCCOCCCl.NCCOCCOCCN. The summed E-state index contributed by atoms with van der Waals surface area (Å²) in [5.74, 6) is 1.07. The number of nitrogens with two attached hydrogens (primary N) is 2. The molecule has 0 aliphatic heterocycles. The van der Waals surface area contributed by atoms with Gasteiger partial charge in [0.1, 0.15) is 0 Å². The highest BCUT2D eigenvalue weighted by Gasteiger charge is 1.87. The third-order valence-corrected chi connectivity index (χ3v) is 2.02. The molecular weight excluding hydrogens is 307 g/mol. The summed E-state index contributed by atoms with van der Waals surface area (Å²) in [7, 11) is 0. The summed E-state index contributed by atoms with van der Waals surface area (Å²) in [5, 5.41) is 0. The van der Waals surface area contributed by atoms with E-state index in [4.69, 9.17) is 53.6 Å². The number of hydrogen-bond acceptors (Lipinski definition) is 6. The second-order valence-corrected chi connectivity index (χ2v) is 4.16. The van der Waals surface area contributed by atoms with Crippen molar-refractivity contribution in [3.05, 3.63) is 0 Å². The first kappa shape index (κ1) is 22.6. The highest BCUT2D eigenvalue weighted by molar-refractivity contribution is 6.18. The van der Waals surface area contributed by atoms with Crippen LogP contribution in [0.15, 0.2) is 0 Å². The maximum Gasteiger partial charge on any atom is 0.0701 e. The Hall–Kier alpha value is 0.340. The van der Waals surface area contributed by atoms with E-state index in [2.05, 4.69) is 0 Å². The van der Waals surface area contributed by atoms with Gasteiger partial charge in [0.05, 0.1) is 52.9 Å². The Balaban J connectivity index is 0. The topological polar surface area (TPSA) is 89.0 Å². The highest BCUT2D eigenvalue weighted by atomic mass is 35.5. The molecule has 0 aromatic rings. The van der Waals surface area contributed by atoms with E-state index in [1.165, 1.54) is 0 Å². The lowest BCUT2D eigenvalue weighted by atomic mass is 10.7. The van der Waals surface area contributed by atoms with Crippen molar-refractivity contribution in [3.63, 3.8) is 0 Å². The van der Waals surface area contributed by atoms with Crippen LogP contribution in [0.3, 0.4) is 0 Å². The molecule has 0 heterocycles. The lowest BCUT2D eigenvalue weighted by Crippen LogP contribution is -2.14. The van der Waals surface area contributed by atoms with Crippen LogP contribution in [0.25, 0.3) is 0 Å². The fourth-order valence-electron chi connectivity index (χ4n) is 0.920. The fraction of sp³-hybridized carbons (Fsp3) is 1.00. The van der Waals surface area contributed by atoms with Crippen molar-refractivity contribution >= 4 is 23.2 Å². The van der Waals surface area contributed by atoms with Gasteiger partial charge >= 0.3 is 0 Å².